The first kappa shape index (κ1) is 27.6. The number of rotatable bonds is 3. The van der Waals surface area contributed by atoms with E-state index in [1.165, 1.54) is 0 Å². The molecule has 9 atom stereocenters. The van der Waals surface area contributed by atoms with Crippen molar-refractivity contribution in [2.75, 3.05) is 6.54 Å². The number of hydrogen-bond donors (Lipinski definition) is 3. The van der Waals surface area contributed by atoms with Gasteiger partial charge >= 0.3 is 12.2 Å². The second kappa shape index (κ2) is 9.10. The number of ether oxygens (including phenoxy) is 2. The van der Waals surface area contributed by atoms with Gasteiger partial charge in [0.15, 0.2) is 6.10 Å². The highest BCUT2D eigenvalue weighted by Gasteiger charge is 2.68. The molecule has 3 saturated carbocycles. The van der Waals surface area contributed by atoms with E-state index < -0.39 is 52.7 Å². The Morgan fingerprint density at radius 1 is 1.11 bits per heavy atom. The van der Waals surface area contributed by atoms with Gasteiger partial charge in [-0.3, -0.25) is 9.59 Å². The van der Waals surface area contributed by atoms with Gasteiger partial charge in [0.05, 0.1) is 6.10 Å². The molecule has 0 spiro atoms. The minimum atomic E-state index is -1.07. The molecule has 4 aliphatic rings. The Balaban J connectivity index is 1.63. The molecule has 2 unspecified atom stereocenters. The Labute approximate surface area is 219 Å². The number of alkyl carbamates (subject to hydrolysis) is 2. The molecular formula is C28H42N2O7. The summed E-state index contributed by atoms with van der Waals surface area (Å²) in [5.74, 6) is -0.701. The van der Waals surface area contributed by atoms with Gasteiger partial charge in [0.1, 0.15) is 11.9 Å². The third kappa shape index (κ3) is 4.17. The second-order valence-corrected chi connectivity index (χ2v) is 13.1. The normalized spacial score (nSPS) is 44.6. The summed E-state index contributed by atoms with van der Waals surface area (Å²) in [7, 11) is 0. The van der Waals surface area contributed by atoms with E-state index >= 15 is 0 Å². The lowest BCUT2D eigenvalue weighted by molar-refractivity contribution is -0.191. The lowest BCUT2D eigenvalue weighted by atomic mass is 9.44. The van der Waals surface area contributed by atoms with Gasteiger partial charge in [-0.15, -0.1) is 6.58 Å². The van der Waals surface area contributed by atoms with Crippen LogP contribution in [0.1, 0.15) is 73.6 Å². The maximum absolute atomic E-state index is 13.4. The van der Waals surface area contributed by atoms with E-state index in [2.05, 4.69) is 24.1 Å². The average molecular weight is 519 g/mol. The van der Waals surface area contributed by atoms with Gasteiger partial charge in [-0.25, -0.2) is 14.9 Å². The van der Waals surface area contributed by atoms with Gasteiger partial charge in [-0.2, -0.15) is 0 Å². The van der Waals surface area contributed by atoms with Crippen LogP contribution in [0.15, 0.2) is 12.7 Å². The molecule has 37 heavy (non-hydrogen) atoms. The highest BCUT2D eigenvalue weighted by molar-refractivity contribution is 5.91. The molecule has 9 nitrogen and oxygen atoms in total. The van der Waals surface area contributed by atoms with Crippen molar-refractivity contribution in [2.45, 2.75) is 92.0 Å². The molecule has 0 aromatic carbocycles. The van der Waals surface area contributed by atoms with Crippen LogP contribution in [-0.4, -0.2) is 53.8 Å². The van der Waals surface area contributed by atoms with Gasteiger partial charge in [-0.1, -0.05) is 47.6 Å². The smallest absolute Gasteiger partial charge is 0.417 e. The zero-order valence-corrected chi connectivity index (χ0v) is 22.9. The first-order valence-electron chi connectivity index (χ1n) is 13.4. The summed E-state index contributed by atoms with van der Waals surface area (Å²) in [5, 5.41) is 16.3. The molecule has 3 amide bonds. The number of carbonyl (C=O) groups excluding carboxylic acids is 4. The SMILES string of the molecule is C=C[C@]1(C)C[C@@H](OC(=O)NC(=O)OC2C(=O)NCC2(C)C)[C@@]2(C)C(C)CC[C@]3(CCC(=O)[C@H]32)[C@@H](C)[C@@H]1O. The van der Waals surface area contributed by atoms with Gasteiger partial charge in [0.2, 0.25) is 0 Å². The fourth-order valence-corrected chi connectivity index (χ4v) is 7.95. The van der Waals surface area contributed by atoms with Crippen LogP contribution in [0.2, 0.25) is 0 Å². The fraction of sp³-hybridized carbons (Fsp3) is 0.786. The summed E-state index contributed by atoms with van der Waals surface area (Å²) < 4.78 is 11.2. The molecule has 1 saturated heterocycles. The largest absolute Gasteiger partial charge is 0.445 e. The quantitative estimate of drug-likeness (QED) is 0.485. The predicted molar refractivity (Wildman–Crippen MR) is 135 cm³/mol. The van der Waals surface area contributed by atoms with Crippen molar-refractivity contribution in [1.29, 1.82) is 0 Å². The molecule has 3 aliphatic carbocycles. The highest BCUT2D eigenvalue weighted by atomic mass is 16.6. The van der Waals surface area contributed by atoms with Crippen molar-refractivity contribution in [2.24, 2.45) is 39.4 Å². The molecule has 2 bridgehead atoms. The molecule has 206 valence electrons. The number of imide groups is 1. The van der Waals surface area contributed by atoms with Crippen LogP contribution in [0.4, 0.5) is 9.59 Å². The van der Waals surface area contributed by atoms with E-state index in [9.17, 15) is 24.3 Å². The number of nitrogens with one attached hydrogen (secondary N) is 2. The molecular weight excluding hydrogens is 476 g/mol. The van der Waals surface area contributed by atoms with Crippen molar-refractivity contribution in [3.8, 4) is 0 Å². The van der Waals surface area contributed by atoms with Crippen molar-refractivity contribution in [1.82, 2.24) is 10.6 Å². The summed E-state index contributed by atoms with van der Waals surface area (Å²) in [6, 6.07) is 0. The van der Waals surface area contributed by atoms with E-state index in [1.54, 1.807) is 19.9 Å². The van der Waals surface area contributed by atoms with E-state index in [1.807, 2.05) is 20.8 Å². The third-order valence-corrected chi connectivity index (χ3v) is 10.6. The number of aliphatic hydroxyl groups is 1. The lowest BCUT2D eigenvalue weighted by Crippen LogP contribution is -2.63. The zero-order chi connectivity index (χ0) is 27.6. The summed E-state index contributed by atoms with van der Waals surface area (Å²) in [6.45, 7) is 16.0. The summed E-state index contributed by atoms with van der Waals surface area (Å²) in [4.78, 5) is 51.1. The lowest BCUT2D eigenvalue weighted by Gasteiger charge is -2.61. The van der Waals surface area contributed by atoms with Crippen molar-refractivity contribution >= 4 is 23.9 Å². The number of hydrogen-bond acceptors (Lipinski definition) is 7. The van der Waals surface area contributed by atoms with Gasteiger partial charge in [0.25, 0.3) is 5.91 Å². The van der Waals surface area contributed by atoms with Crippen LogP contribution in [-0.2, 0) is 19.1 Å². The summed E-state index contributed by atoms with van der Waals surface area (Å²) in [6.07, 6.45) is 0.141. The topological polar surface area (TPSA) is 131 Å². The van der Waals surface area contributed by atoms with E-state index in [4.69, 9.17) is 9.47 Å². The number of carbonyl (C=O) groups is 4. The van der Waals surface area contributed by atoms with E-state index in [0.717, 1.165) is 12.8 Å². The van der Waals surface area contributed by atoms with E-state index in [0.29, 0.717) is 19.4 Å². The second-order valence-electron chi connectivity index (χ2n) is 13.1. The maximum Gasteiger partial charge on any atom is 0.417 e. The van der Waals surface area contributed by atoms with Gasteiger partial charge < -0.3 is 19.9 Å². The molecule has 1 heterocycles. The van der Waals surface area contributed by atoms with Crippen LogP contribution in [0.3, 0.4) is 0 Å². The molecule has 0 radical (unpaired) electrons. The highest BCUT2D eigenvalue weighted by Crippen LogP contribution is 2.68. The number of aliphatic hydroxyl groups excluding tert-OH is 1. The number of Topliss-reactive ketones (excluding diaryl/α,β-unsaturated/α-hetero) is 1. The fourth-order valence-electron chi connectivity index (χ4n) is 7.95. The Morgan fingerprint density at radius 3 is 2.35 bits per heavy atom. The minimum absolute atomic E-state index is 0.0666. The zero-order valence-electron chi connectivity index (χ0n) is 22.9. The Bertz CT molecular complexity index is 1010. The Hall–Kier alpha value is -2.42. The van der Waals surface area contributed by atoms with Gasteiger partial charge in [-0.05, 0) is 42.9 Å². The van der Waals surface area contributed by atoms with Crippen LogP contribution >= 0.6 is 0 Å². The van der Waals surface area contributed by atoms with Crippen molar-refractivity contribution in [3.63, 3.8) is 0 Å². The predicted octanol–water partition coefficient (Wildman–Crippen LogP) is 3.74. The molecule has 9 heteroatoms. The molecule has 4 rings (SSSR count). The average Bonchev–Trinajstić information content (AvgIpc) is 3.31. The Morgan fingerprint density at radius 2 is 1.76 bits per heavy atom. The number of amides is 3. The van der Waals surface area contributed by atoms with Crippen LogP contribution < -0.4 is 10.6 Å². The van der Waals surface area contributed by atoms with E-state index in [-0.39, 0.29) is 35.4 Å². The summed E-state index contributed by atoms with van der Waals surface area (Å²) in [5.41, 5.74) is -2.48. The summed E-state index contributed by atoms with van der Waals surface area (Å²) >= 11 is 0. The van der Waals surface area contributed by atoms with Gasteiger partial charge in [0, 0.05) is 35.1 Å². The van der Waals surface area contributed by atoms with Crippen molar-refractivity contribution in [3.05, 3.63) is 12.7 Å². The molecule has 0 aromatic rings. The standard InChI is InChI=1S/C28H42N2O7/c1-8-26(6)13-18(36-23(34)30-24(35)37-21-22(33)29-14-25(21,4)5)27(7)15(2)9-11-28(16(3)20(26)32)12-10-17(31)19(27)28/h8,15-16,18-21,32H,1,9-14H2,2-7H3,(H,29,33)(H,30,34,35)/t15?,16-,18+,19-,20-,21?,26+,27+,28-/m0/s1. The first-order valence-corrected chi connectivity index (χ1v) is 13.4. The monoisotopic (exact) mass is 518 g/mol. The van der Waals surface area contributed by atoms with Crippen LogP contribution in [0.5, 0.6) is 0 Å². The first-order chi connectivity index (χ1) is 17.1. The van der Waals surface area contributed by atoms with Crippen LogP contribution in [0, 0.1) is 39.4 Å². The third-order valence-electron chi connectivity index (χ3n) is 10.6. The number of ketones is 1. The van der Waals surface area contributed by atoms with Crippen LogP contribution in [0.25, 0.3) is 0 Å². The molecule has 0 aromatic heterocycles. The Kier molecular flexibility index (Phi) is 6.79. The molecule has 4 fully saturated rings. The minimum Gasteiger partial charge on any atom is -0.445 e. The maximum atomic E-state index is 13.4. The van der Waals surface area contributed by atoms with Crippen molar-refractivity contribution < 1.29 is 33.8 Å². The molecule has 3 N–H and O–H groups in total. The molecule has 1 aliphatic heterocycles.